The maximum atomic E-state index is 5.90. The van der Waals surface area contributed by atoms with E-state index in [1.54, 1.807) is 0 Å². The van der Waals surface area contributed by atoms with Gasteiger partial charge in [-0.15, -0.1) is 0 Å². The zero-order chi connectivity index (χ0) is 11.5. The molecule has 0 saturated heterocycles. The third kappa shape index (κ3) is 3.34. The average molecular weight is 301 g/mol. The van der Waals surface area contributed by atoms with Crippen LogP contribution in [0.25, 0.3) is 0 Å². The third-order valence-electron chi connectivity index (χ3n) is 2.84. The van der Waals surface area contributed by atoms with Gasteiger partial charge in [0, 0.05) is 22.1 Å². The summed E-state index contributed by atoms with van der Waals surface area (Å²) in [6.07, 6.45) is 2.63. The molecule has 3 heteroatoms. The molecule has 0 aromatic heterocycles. The summed E-state index contributed by atoms with van der Waals surface area (Å²) < 4.78 is 0.993. The van der Waals surface area contributed by atoms with Crippen LogP contribution in [0.1, 0.15) is 24.4 Å². The van der Waals surface area contributed by atoms with E-state index in [1.165, 1.54) is 18.4 Å². The van der Waals surface area contributed by atoms with Gasteiger partial charge in [-0.1, -0.05) is 46.2 Å². The van der Waals surface area contributed by atoms with E-state index in [0.717, 1.165) is 22.0 Å². The van der Waals surface area contributed by atoms with Crippen LogP contribution in [0.5, 0.6) is 0 Å². The molecule has 86 valence electrons. The molecule has 2 rings (SSSR count). The van der Waals surface area contributed by atoms with E-state index in [9.17, 15) is 0 Å². The molecule has 1 unspecified atom stereocenters. The van der Waals surface area contributed by atoms with E-state index >= 15 is 0 Å². The highest BCUT2D eigenvalue weighted by Gasteiger charge is 2.31. The molecule has 1 N–H and O–H groups in total. The van der Waals surface area contributed by atoms with Gasteiger partial charge in [-0.2, -0.15) is 0 Å². The zero-order valence-corrected chi connectivity index (χ0v) is 11.4. The maximum Gasteiger partial charge on any atom is 0.0406 e. The van der Waals surface area contributed by atoms with E-state index in [4.69, 9.17) is 11.6 Å². The number of halogens is 2. The van der Waals surface area contributed by atoms with E-state index in [2.05, 4.69) is 40.0 Å². The second-order valence-electron chi connectivity index (χ2n) is 4.26. The topological polar surface area (TPSA) is 12.0 Å². The number of nitrogens with one attached hydrogen (secondary N) is 1. The van der Waals surface area contributed by atoms with Crippen LogP contribution < -0.4 is 5.32 Å². The predicted octanol–water partition coefficient (Wildman–Crippen LogP) is 4.29. The van der Waals surface area contributed by atoms with Crippen molar-refractivity contribution >= 4 is 27.5 Å². The summed E-state index contributed by atoms with van der Waals surface area (Å²) in [5, 5.41) is 4.32. The molecular formula is C13H15BrClN. The molecule has 1 aliphatic carbocycles. The number of benzene rings is 1. The van der Waals surface area contributed by atoms with Crippen LogP contribution in [0.4, 0.5) is 0 Å². The van der Waals surface area contributed by atoms with Crippen LogP contribution in [0.2, 0.25) is 5.02 Å². The Hall–Kier alpha value is -0.310. The lowest BCUT2D eigenvalue weighted by Crippen LogP contribution is -2.24. The van der Waals surface area contributed by atoms with Gasteiger partial charge in [0.1, 0.15) is 0 Å². The van der Waals surface area contributed by atoms with Crippen molar-refractivity contribution in [2.75, 3.05) is 6.54 Å². The molecule has 1 atom stereocenters. The van der Waals surface area contributed by atoms with Gasteiger partial charge < -0.3 is 5.32 Å². The molecule has 1 saturated carbocycles. The van der Waals surface area contributed by atoms with E-state index in [0.29, 0.717) is 6.04 Å². The fraction of sp³-hybridized carbons (Fsp3) is 0.385. The largest absolute Gasteiger partial charge is 0.305 e. The van der Waals surface area contributed by atoms with Crippen LogP contribution in [-0.4, -0.2) is 6.54 Å². The maximum absolute atomic E-state index is 5.90. The molecule has 0 aliphatic heterocycles. The number of rotatable bonds is 5. The third-order valence-corrected chi connectivity index (χ3v) is 3.37. The fourth-order valence-electron chi connectivity index (χ4n) is 1.88. The lowest BCUT2D eigenvalue weighted by molar-refractivity contribution is 0.506. The minimum atomic E-state index is 0.437. The lowest BCUT2D eigenvalue weighted by Gasteiger charge is -2.18. The number of hydrogen-bond acceptors (Lipinski definition) is 1. The predicted molar refractivity (Wildman–Crippen MR) is 73.0 cm³/mol. The van der Waals surface area contributed by atoms with Gasteiger partial charge in [-0.3, -0.25) is 0 Å². The van der Waals surface area contributed by atoms with Gasteiger partial charge in [0.15, 0.2) is 0 Å². The quantitative estimate of drug-likeness (QED) is 0.855. The summed E-state index contributed by atoms with van der Waals surface area (Å²) in [4.78, 5) is 0. The monoisotopic (exact) mass is 299 g/mol. The smallest absolute Gasteiger partial charge is 0.0406 e. The van der Waals surface area contributed by atoms with Crippen LogP contribution in [0, 0.1) is 5.92 Å². The van der Waals surface area contributed by atoms with E-state index in [1.807, 2.05) is 12.1 Å². The average Bonchev–Trinajstić information content (AvgIpc) is 3.04. The first kappa shape index (κ1) is 12.2. The molecular weight excluding hydrogens is 286 g/mol. The van der Waals surface area contributed by atoms with Gasteiger partial charge in [0.05, 0.1) is 0 Å². The number of hydrogen-bond donors (Lipinski definition) is 1. The minimum absolute atomic E-state index is 0.437. The summed E-state index contributed by atoms with van der Waals surface area (Å²) in [6.45, 7) is 4.66. The molecule has 1 fully saturated rings. The second kappa shape index (κ2) is 5.35. The van der Waals surface area contributed by atoms with Crippen molar-refractivity contribution < 1.29 is 0 Å². The fourth-order valence-corrected chi connectivity index (χ4v) is 2.16. The Labute approximate surface area is 110 Å². The standard InChI is InChI=1S/C13H15BrClN/c1-9(14)8-16-13(10-2-3-10)11-4-6-12(15)7-5-11/h4-7,10,13,16H,1-3,8H2. The van der Waals surface area contributed by atoms with Gasteiger partial charge in [0.25, 0.3) is 0 Å². The van der Waals surface area contributed by atoms with Crippen LogP contribution >= 0.6 is 27.5 Å². The van der Waals surface area contributed by atoms with Crippen LogP contribution in [0.15, 0.2) is 35.3 Å². The Morgan fingerprint density at radius 3 is 2.56 bits per heavy atom. The summed E-state index contributed by atoms with van der Waals surface area (Å²) in [7, 11) is 0. The van der Waals surface area contributed by atoms with Gasteiger partial charge >= 0.3 is 0 Å². The van der Waals surface area contributed by atoms with E-state index in [-0.39, 0.29) is 0 Å². The van der Waals surface area contributed by atoms with Gasteiger partial charge in [0.2, 0.25) is 0 Å². The van der Waals surface area contributed by atoms with E-state index < -0.39 is 0 Å². The van der Waals surface area contributed by atoms with Crippen molar-refractivity contribution in [3.63, 3.8) is 0 Å². The van der Waals surface area contributed by atoms with Crippen molar-refractivity contribution in [3.05, 3.63) is 45.9 Å². The van der Waals surface area contributed by atoms with Crippen molar-refractivity contribution in [2.45, 2.75) is 18.9 Å². The normalized spacial score (nSPS) is 17.1. The Kier molecular flexibility index (Phi) is 4.06. The lowest BCUT2D eigenvalue weighted by atomic mass is 10.0. The Bertz CT molecular complexity index is 370. The Balaban J connectivity index is 2.06. The van der Waals surface area contributed by atoms with Gasteiger partial charge in [-0.25, -0.2) is 0 Å². The highest BCUT2D eigenvalue weighted by atomic mass is 79.9. The SMILES string of the molecule is C=C(Br)CNC(c1ccc(Cl)cc1)C1CC1. The highest BCUT2D eigenvalue weighted by molar-refractivity contribution is 9.11. The van der Waals surface area contributed by atoms with Crippen molar-refractivity contribution in [1.82, 2.24) is 5.32 Å². The molecule has 0 radical (unpaired) electrons. The molecule has 16 heavy (non-hydrogen) atoms. The van der Waals surface area contributed by atoms with Crippen LogP contribution in [0.3, 0.4) is 0 Å². The minimum Gasteiger partial charge on any atom is -0.305 e. The first-order chi connectivity index (χ1) is 7.66. The van der Waals surface area contributed by atoms with Crippen molar-refractivity contribution in [2.24, 2.45) is 5.92 Å². The summed E-state index contributed by atoms with van der Waals surface area (Å²) in [5.74, 6) is 0.771. The summed E-state index contributed by atoms with van der Waals surface area (Å²) >= 11 is 9.28. The first-order valence-corrected chi connectivity index (χ1v) is 6.66. The molecule has 1 aromatic carbocycles. The molecule has 0 amide bonds. The first-order valence-electron chi connectivity index (χ1n) is 5.49. The second-order valence-corrected chi connectivity index (χ2v) is 5.82. The molecule has 1 aliphatic rings. The van der Waals surface area contributed by atoms with Crippen molar-refractivity contribution in [1.29, 1.82) is 0 Å². The van der Waals surface area contributed by atoms with Crippen molar-refractivity contribution in [3.8, 4) is 0 Å². The molecule has 0 spiro atoms. The molecule has 0 bridgehead atoms. The Morgan fingerprint density at radius 1 is 1.44 bits per heavy atom. The Morgan fingerprint density at radius 2 is 2.06 bits per heavy atom. The highest BCUT2D eigenvalue weighted by Crippen LogP contribution is 2.41. The molecule has 1 nitrogen and oxygen atoms in total. The van der Waals surface area contributed by atoms with Crippen LogP contribution in [-0.2, 0) is 0 Å². The molecule has 1 aromatic rings. The van der Waals surface area contributed by atoms with Gasteiger partial charge in [-0.05, 0) is 36.5 Å². The summed E-state index contributed by atoms with van der Waals surface area (Å²) in [6, 6.07) is 8.56. The summed E-state index contributed by atoms with van der Waals surface area (Å²) in [5.41, 5.74) is 1.32. The zero-order valence-electron chi connectivity index (χ0n) is 9.05. The molecule has 0 heterocycles.